The lowest BCUT2D eigenvalue weighted by atomic mass is 10.2. The van der Waals surface area contributed by atoms with E-state index >= 15 is 0 Å². The van der Waals surface area contributed by atoms with Crippen LogP contribution in [0.3, 0.4) is 0 Å². The molecule has 5 nitrogen and oxygen atoms in total. The molecule has 0 fully saturated rings. The van der Waals surface area contributed by atoms with E-state index in [1.165, 1.54) is 17.8 Å². The van der Waals surface area contributed by atoms with Gasteiger partial charge in [-0.15, -0.1) is 10.2 Å². The van der Waals surface area contributed by atoms with E-state index in [-0.39, 0.29) is 12.7 Å². The number of ether oxygens (including phenoxy) is 2. The predicted octanol–water partition coefficient (Wildman–Crippen LogP) is 4.66. The number of halogens is 2. The molecule has 0 saturated carbocycles. The molecule has 1 aromatic heterocycles. The minimum atomic E-state index is -0.392. The lowest BCUT2D eigenvalue weighted by Crippen LogP contribution is -1.92. The van der Waals surface area contributed by atoms with Crippen LogP contribution in [0, 0.1) is 5.82 Å². The minimum absolute atomic E-state index is 0.167. The van der Waals surface area contributed by atoms with Crippen molar-refractivity contribution in [1.29, 1.82) is 0 Å². The van der Waals surface area contributed by atoms with Gasteiger partial charge in [0.2, 0.25) is 6.79 Å². The number of thioether (sulfide) groups is 1. The van der Waals surface area contributed by atoms with Crippen molar-refractivity contribution in [3.63, 3.8) is 0 Å². The molecule has 2 heterocycles. The average molecular weight is 409 g/mol. The van der Waals surface area contributed by atoms with Gasteiger partial charge in [0.1, 0.15) is 5.82 Å². The molecular formula is C16H10BrFN2O3S. The minimum Gasteiger partial charge on any atom is -0.454 e. The SMILES string of the molecule is Fc1ccccc1-c1nnc(SCc2cc3c(cc2Br)OCO3)o1. The number of hydrogen-bond acceptors (Lipinski definition) is 6. The Labute approximate surface area is 149 Å². The number of benzene rings is 2. The normalized spacial score (nSPS) is 12.6. The number of nitrogens with zero attached hydrogens (tertiary/aromatic N) is 2. The van der Waals surface area contributed by atoms with E-state index in [4.69, 9.17) is 13.9 Å². The largest absolute Gasteiger partial charge is 0.454 e. The van der Waals surface area contributed by atoms with Crippen LogP contribution in [0.1, 0.15) is 5.56 Å². The van der Waals surface area contributed by atoms with Crippen LogP contribution in [-0.2, 0) is 5.75 Å². The maximum absolute atomic E-state index is 13.7. The molecule has 0 unspecified atom stereocenters. The summed E-state index contributed by atoms with van der Waals surface area (Å²) in [4.78, 5) is 0. The third-order valence-corrected chi connectivity index (χ3v) is 5.01. The molecule has 4 rings (SSSR count). The zero-order chi connectivity index (χ0) is 16.5. The first-order valence-corrected chi connectivity index (χ1v) is 8.78. The summed E-state index contributed by atoms with van der Waals surface area (Å²) in [6.07, 6.45) is 0. The van der Waals surface area contributed by atoms with Crippen LogP contribution in [0.5, 0.6) is 11.5 Å². The Bertz CT molecular complexity index is 903. The molecule has 0 radical (unpaired) electrons. The van der Waals surface area contributed by atoms with Crippen molar-refractivity contribution >= 4 is 27.7 Å². The van der Waals surface area contributed by atoms with Crippen LogP contribution in [0.15, 0.2) is 50.5 Å². The fourth-order valence-corrected chi connectivity index (χ4v) is 3.62. The molecule has 0 aliphatic carbocycles. The van der Waals surface area contributed by atoms with E-state index in [0.717, 1.165) is 15.8 Å². The van der Waals surface area contributed by atoms with Gasteiger partial charge in [-0.25, -0.2) is 4.39 Å². The molecular weight excluding hydrogens is 399 g/mol. The van der Waals surface area contributed by atoms with Gasteiger partial charge >= 0.3 is 0 Å². The van der Waals surface area contributed by atoms with Crippen molar-refractivity contribution in [2.75, 3.05) is 6.79 Å². The summed E-state index contributed by atoms with van der Waals surface area (Å²) in [6.45, 7) is 0.230. The fourth-order valence-electron chi connectivity index (χ4n) is 2.22. The Kier molecular flexibility index (Phi) is 4.15. The van der Waals surface area contributed by atoms with Crippen molar-refractivity contribution in [2.24, 2.45) is 0 Å². The Morgan fingerprint density at radius 3 is 2.75 bits per heavy atom. The van der Waals surface area contributed by atoms with Gasteiger partial charge in [0, 0.05) is 10.2 Å². The second-order valence-electron chi connectivity index (χ2n) is 4.94. The molecule has 122 valence electrons. The van der Waals surface area contributed by atoms with E-state index in [1.807, 2.05) is 12.1 Å². The summed E-state index contributed by atoms with van der Waals surface area (Å²) in [7, 11) is 0. The van der Waals surface area contributed by atoms with Gasteiger partial charge in [-0.2, -0.15) is 0 Å². The highest BCUT2D eigenvalue weighted by atomic mass is 79.9. The maximum atomic E-state index is 13.7. The van der Waals surface area contributed by atoms with Crippen LogP contribution in [-0.4, -0.2) is 17.0 Å². The molecule has 0 saturated heterocycles. The van der Waals surface area contributed by atoms with Crippen LogP contribution in [0.2, 0.25) is 0 Å². The molecule has 3 aromatic rings. The molecule has 1 aliphatic heterocycles. The van der Waals surface area contributed by atoms with E-state index in [0.29, 0.717) is 22.3 Å². The van der Waals surface area contributed by atoms with E-state index in [9.17, 15) is 4.39 Å². The smallest absolute Gasteiger partial charge is 0.277 e. The van der Waals surface area contributed by atoms with Gasteiger partial charge in [-0.1, -0.05) is 39.8 Å². The van der Waals surface area contributed by atoms with Gasteiger partial charge in [0.15, 0.2) is 11.5 Å². The van der Waals surface area contributed by atoms with Gasteiger partial charge in [0.25, 0.3) is 11.1 Å². The molecule has 8 heteroatoms. The lowest BCUT2D eigenvalue weighted by Gasteiger charge is -2.04. The predicted molar refractivity (Wildman–Crippen MR) is 89.5 cm³/mol. The first kappa shape index (κ1) is 15.5. The summed E-state index contributed by atoms with van der Waals surface area (Å²) in [5.74, 6) is 1.80. The Morgan fingerprint density at radius 2 is 1.92 bits per heavy atom. The molecule has 0 amide bonds. The summed E-state index contributed by atoms with van der Waals surface area (Å²) < 4.78 is 30.9. The molecule has 0 spiro atoms. The fraction of sp³-hybridized carbons (Fsp3) is 0.125. The van der Waals surface area contributed by atoms with Crippen LogP contribution in [0.4, 0.5) is 4.39 Å². The highest BCUT2D eigenvalue weighted by Gasteiger charge is 2.18. The lowest BCUT2D eigenvalue weighted by molar-refractivity contribution is 0.174. The van der Waals surface area contributed by atoms with Crippen molar-refractivity contribution in [3.05, 3.63) is 52.3 Å². The third kappa shape index (κ3) is 2.99. The standard InChI is InChI=1S/C16H10BrFN2O3S/c17-11-6-14-13(21-8-22-14)5-9(11)7-24-16-20-19-15(23-16)10-3-1-2-4-12(10)18/h1-6H,7-8H2. The summed E-state index contributed by atoms with van der Waals surface area (Å²) in [5, 5.41) is 8.24. The molecule has 24 heavy (non-hydrogen) atoms. The van der Waals surface area contributed by atoms with Gasteiger partial charge in [-0.3, -0.25) is 0 Å². The topological polar surface area (TPSA) is 57.4 Å². The van der Waals surface area contributed by atoms with Gasteiger partial charge in [0.05, 0.1) is 5.56 Å². The number of hydrogen-bond donors (Lipinski definition) is 0. The summed E-state index contributed by atoms with van der Waals surface area (Å²) in [5.41, 5.74) is 1.30. The second kappa shape index (κ2) is 6.45. The van der Waals surface area contributed by atoms with Gasteiger partial charge < -0.3 is 13.9 Å². The van der Waals surface area contributed by atoms with Crippen molar-refractivity contribution in [1.82, 2.24) is 10.2 Å². The summed E-state index contributed by atoms with van der Waals surface area (Å²) in [6, 6.07) is 10.1. The van der Waals surface area contributed by atoms with E-state index in [2.05, 4.69) is 26.1 Å². The highest BCUT2D eigenvalue weighted by molar-refractivity contribution is 9.10. The Balaban J connectivity index is 1.50. The van der Waals surface area contributed by atoms with Crippen LogP contribution >= 0.6 is 27.7 Å². The first-order chi connectivity index (χ1) is 11.7. The second-order valence-corrected chi connectivity index (χ2v) is 6.72. The van der Waals surface area contributed by atoms with Crippen molar-refractivity contribution in [3.8, 4) is 23.0 Å². The number of fused-ring (bicyclic) bond motifs is 1. The van der Waals surface area contributed by atoms with Crippen LogP contribution in [0.25, 0.3) is 11.5 Å². The van der Waals surface area contributed by atoms with Gasteiger partial charge in [-0.05, 0) is 29.8 Å². The molecule has 0 atom stereocenters. The monoisotopic (exact) mass is 408 g/mol. The van der Waals surface area contributed by atoms with E-state index in [1.54, 1.807) is 18.2 Å². The highest BCUT2D eigenvalue weighted by Crippen LogP contribution is 2.39. The van der Waals surface area contributed by atoms with E-state index < -0.39 is 5.82 Å². The first-order valence-electron chi connectivity index (χ1n) is 7.00. The van der Waals surface area contributed by atoms with Crippen molar-refractivity contribution in [2.45, 2.75) is 11.0 Å². The molecule has 2 aromatic carbocycles. The Morgan fingerprint density at radius 1 is 1.12 bits per heavy atom. The number of rotatable bonds is 4. The summed E-state index contributed by atoms with van der Waals surface area (Å²) >= 11 is 4.88. The number of aromatic nitrogens is 2. The maximum Gasteiger partial charge on any atom is 0.277 e. The molecule has 0 N–H and O–H groups in total. The average Bonchev–Trinajstić information content (AvgIpc) is 3.22. The third-order valence-electron chi connectivity index (χ3n) is 3.40. The quantitative estimate of drug-likeness (QED) is 0.585. The zero-order valence-electron chi connectivity index (χ0n) is 12.2. The molecule has 1 aliphatic rings. The Hall–Kier alpha value is -2.06. The molecule has 0 bridgehead atoms. The van der Waals surface area contributed by atoms with Crippen LogP contribution < -0.4 is 9.47 Å². The van der Waals surface area contributed by atoms with Crippen molar-refractivity contribution < 1.29 is 18.3 Å². The zero-order valence-corrected chi connectivity index (χ0v) is 14.6.